The van der Waals surface area contributed by atoms with Crippen molar-refractivity contribution in [3.05, 3.63) is 10.4 Å². The summed E-state index contributed by atoms with van der Waals surface area (Å²) in [5.41, 5.74) is 8.19. The standard InChI is InChI=1S/C8H13N3O3/c1-6(10-11-9)8(4-3-5-12)14-7(2)13/h5-6,8H,3-4H2,1-2H3/t6-,8-/m1/s1. The molecule has 0 aliphatic rings. The Labute approximate surface area is 81.9 Å². The van der Waals surface area contributed by atoms with Crippen molar-refractivity contribution < 1.29 is 14.3 Å². The normalized spacial score (nSPS) is 13.6. The second-order valence-corrected chi connectivity index (χ2v) is 2.84. The molecular formula is C8H13N3O3. The van der Waals surface area contributed by atoms with E-state index in [1.54, 1.807) is 6.92 Å². The second-order valence-electron chi connectivity index (χ2n) is 2.84. The molecule has 0 bridgehead atoms. The van der Waals surface area contributed by atoms with Crippen LogP contribution in [0.3, 0.4) is 0 Å². The molecule has 0 rings (SSSR count). The van der Waals surface area contributed by atoms with Crippen molar-refractivity contribution in [1.29, 1.82) is 0 Å². The Bertz CT molecular complexity index is 248. The summed E-state index contributed by atoms with van der Waals surface area (Å²) in [6.07, 6.45) is 0.875. The molecule has 0 radical (unpaired) electrons. The van der Waals surface area contributed by atoms with Gasteiger partial charge >= 0.3 is 5.97 Å². The van der Waals surface area contributed by atoms with E-state index < -0.39 is 18.1 Å². The van der Waals surface area contributed by atoms with Crippen LogP contribution in [0.2, 0.25) is 0 Å². The maximum absolute atomic E-state index is 10.7. The highest BCUT2D eigenvalue weighted by Crippen LogP contribution is 2.10. The van der Waals surface area contributed by atoms with Crippen LogP contribution in [0, 0.1) is 0 Å². The Morgan fingerprint density at radius 2 is 2.36 bits per heavy atom. The molecule has 0 saturated carbocycles. The fourth-order valence-corrected chi connectivity index (χ4v) is 1.000. The monoisotopic (exact) mass is 199 g/mol. The van der Waals surface area contributed by atoms with E-state index in [0.29, 0.717) is 6.42 Å². The number of esters is 1. The molecule has 0 aromatic heterocycles. The van der Waals surface area contributed by atoms with Gasteiger partial charge in [0.1, 0.15) is 12.4 Å². The number of rotatable bonds is 6. The lowest BCUT2D eigenvalue weighted by molar-refractivity contribution is -0.147. The van der Waals surface area contributed by atoms with Crippen LogP contribution in [0.15, 0.2) is 5.11 Å². The van der Waals surface area contributed by atoms with E-state index in [1.165, 1.54) is 6.92 Å². The third-order valence-electron chi connectivity index (χ3n) is 1.66. The summed E-state index contributed by atoms with van der Waals surface area (Å²) in [6, 6.07) is -0.455. The van der Waals surface area contributed by atoms with E-state index in [4.69, 9.17) is 10.3 Å². The van der Waals surface area contributed by atoms with Gasteiger partial charge in [0.15, 0.2) is 0 Å². The van der Waals surface area contributed by atoms with Crippen LogP contribution in [0.1, 0.15) is 26.7 Å². The SMILES string of the molecule is CC(=O)O[C@H](CCC=O)[C@@H](C)N=[N+]=[N-]. The predicted molar refractivity (Wildman–Crippen MR) is 49.5 cm³/mol. The first-order valence-corrected chi connectivity index (χ1v) is 4.27. The average molecular weight is 199 g/mol. The van der Waals surface area contributed by atoms with Crippen molar-refractivity contribution in [2.75, 3.05) is 0 Å². The van der Waals surface area contributed by atoms with E-state index in [0.717, 1.165) is 6.29 Å². The Kier molecular flexibility index (Phi) is 6.15. The minimum Gasteiger partial charge on any atom is -0.462 e. The average Bonchev–Trinajstić information content (AvgIpc) is 2.12. The highest BCUT2D eigenvalue weighted by Gasteiger charge is 2.18. The molecule has 2 atom stereocenters. The number of aldehydes is 1. The summed E-state index contributed by atoms with van der Waals surface area (Å²) >= 11 is 0. The van der Waals surface area contributed by atoms with Gasteiger partial charge in [-0.05, 0) is 12.0 Å². The Morgan fingerprint density at radius 1 is 1.71 bits per heavy atom. The van der Waals surface area contributed by atoms with Gasteiger partial charge in [0.25, 0.3) is 0 Å². The molecule has 14 heavy (non-hydrogen) atoms. The summed E-state index contributed by atoms with van der Waals surface area (Å²) in [7, 11) is 0. The molecule has 0 heterocycles. The quantitative estimate of drug-likeness (QED) is 0.214. The Hall–Kier alpha value is -1.55. The first-order valence-electron chi connectivity index (χ1n) is 4.27. The maximum atomic E-state index is 10.7. The number of carbonyl (C=O) groups excluding carboxylic acids is 2. The lowest BCUT2D eigenvalue weighted by atomic mass is 10.1. The lowest BCUT2D eigenvalue weighted by Gasteiger charge is -2.18. The number of carbonyl (C=O) groups is 2. The van der Waals surface area contributed by atoms with Crippen molar-refractivity contribution in [2.45, 2.75) is 38.8 Å². The largest absolute Gasteiger partial charge is 0.462 e. The summed E-state index contributed by atoms with van der Waals surface area (Å²) in [4.78, 5) is 23.4. The van der Waals surface area contributed by atoms with Crippen molar-refractivity contribution >= 4 is 12.3 Å². The molecule has 0 N–H and O–H groups in total. The molecule has 0 aromatic carbocycles. The van der Waals surface area contributed by atoms with Gasteiger partial charge in [0, 0.05) is 18.3 Å². The molecule has 0 amide bonds. The van der Waals surface area contributed by atoms with Crippen LogP contribution in [0.25, 0.3) is 10.4 Å². The second kappa shape index (κ2) is 6.91. The number of hydrogen-bond donors (Lipinski definition) is 0. The van der Waals surface area contributed by atoms with Gasteiger partial charge in [-0.1, -0.05) is 12.0 Å². The lowest BCUT2D eigenvalue weighted by Crippen LogP contribution is -2.26. The van der Waals surface area contributed by atoms with Crippen molar-refractivity contribution in [2.24, 2.45) is 5.11 Å². The third kappa shape index (κ3) is 5.16. The molecule has 6 heteroatoms. The van der Waals surface area contributed by atoms with Gasteiger partial charge in [-0.25, -0.2) is 0 Å². The number of ether oxygens (including phenoxy) is 1. The number of nitrogens with zero attached hydrogens (tertiary/aromatic N) is 3. The van der Waals surface area contributed by atoms with Crippen LogP contribution in [0.5, 0.6) is 0 Å². The van der Waals surface area contributed by atoms with Gasteiger partial charge < -0.3 is 9.53 Å². The molecule has 0 unspecified atom stereocenters. The van der Waals surface area contributed by atoms with E-state index >= 15 is 0 Å². The summed E-state index contributed by atoms with van der Waals surface area (Å²) < 4.78 is 4.90. The van der Waals surface area contributed by atoms with Crippen molar-refractivity contribution in [3.63, 3.8) is 0 Å². The van der Waals surface area contributed by atoms with Gasteiger partial charge in [0.05, 0.1) is 6.04 Å². The van der Waals surface area contributed by atoms with E-state index in [2.05, 4.69) is 10.0 Å². The van der Waals surface area contributed by atoms with Crippen LogP contribution >= 0.6 is 0 Å². The van der Waals surface area contributed by atoms with Crippen molar-refractivity contribution in [1.82, 2.24) is 0 Å². The van der Waals surface area contributed by atoms with E-state index in [-0.39, 0.29) is 6.42 Å². The minimum atomic E-state index is -0.520. The van der Waals surface area contributed by atoms with E-state index in [9.17, 15) is 9.59 Å². The first kappa shape index (κ1) is 12.4. The predicted octanol–water partition coefficient (Wildman–Crippen LogP) is 1.60. The highest BCUT2D eigenvalue weighted by molar-refractivity contribution is 5.66. The van der Waals surface area contributed by atoms with Gasteiger partial charge in [0.2, 0.25) is 0 Å². The van der Waals surface area contributed by atoms with Crippen LogP contribution < -0.4 is 0 Å². The summed E-state index contributed by atoms with van der Waals surface area (Å²) in [5.74, 6) is -0.444. The van der Waals surface area contributed by atoms with E-state index in [1.807, 2.05) is 0 Å². The van der Waals surface area contributed by atoms with Crippen LogP contribution in [-0.4, -0.2) is 24.4 Å². The molecule has 0 aliphatic heterocycles. The third-order valence-corrected chi connectivity index (χ3v) is 1.66. The molecule has 6 nitrogen and oxygen atoms in total. The highest BCUT2D eigenvalue weighted by atomic mass is 16.5. The Morgan fingerprint density at radius 3 is 2.79 bits per heavy atom. The molecule has 0 aliphatic carbocycles. The topological polar surface area (TPSA) is 92.1 Å². The fraction of sp³-hybridized carbons (Fsp3) is 0.750. The first-order chi connectivity index (χ1) is 6.61. The smallest absolute Gasteiger partial charge is 0.302 e. The summed E-state index contributed by atoms with van der Waals surface area (Å²) in [6.45, 7) is 2.91. The maximum Gasteiger partial charge on any atom is 0.302 e. The minimum absolute atomic E-state index is 0.281. The van der Waals surface area contributed by atoms with Gasteiger partial charge in [-0.15, -0.1) is 0 Å². The van der Waals surface area contributed by atoms with Crippen LogP contribution in [-0.2, 0) is 14.3 Å². The van der Waals surface area contributed by atoms with Crippen LogP contribution in [0.4, 0.5) is 0 Å². The zero-order chi connectivity index (χ0) is 11.0. The zero-order valence-electron chi connectivity index (χ0n) is 8.21. The molecule has 78 valence electrons. The number of azide groups is 1. The molecule has 0 aromatic rings. The van der Waals surface area contributed by atoms with Gasteiger partial charge in [-0.2, -0.15) is 0 Å². The molecule has 0 spiro atoms. The number of hydrogen-bond acceptors (Lipinski definition) is 4. The molecule has 0 saturated heterocycles. The summed E-state index contributed by atoms with van der Waals surface area (Å²) in [5, 5.41) is 3.42. The van der Waals surface area contributed by atoms with Crippen molar-refractivity contribution in [3.8, 4) is 0 Å². The fourth-order valence-electron chi connectivity index (χ4n) is 1.000. The Balaban J connectivity index is 4.27. The van der Waals surface area contributed by atoms with Gasteiger partial charge in [-0.3, -0.25) is 4.79 Å². The zero-order valence-corrected chi connectivity index (χ0v) is 8.21. The molecular weight excluding hydrogens is 186 g/mol. The molecule has 0 fully saturated rings.